The van der Waals surface area contributed by atoms with E-state index in [4.69, 9.17) is 14.7 Å². The van der Waals surface area contributed by atoms with Crippen LogP contribution in [0, 0.1) is 11.5 Å². The standard InChI is InChI=1S/C14H20N2O6/c1-2-21-13(18)7-5-9-22-14(19)12(16-11-17)6-3-4-8-20-10-15/h12H,2-9H2,1H3. The third kappa shape index (κ3) is 10.4. The second kappa shape index (κ2) is 13.6. The zero-order valence-corrected chi connectivity index (χ0v) is 12.6. The summed E-state index contributed by atoms with van der Waals surface area (Å²) in [5.74, 6) is -0.980. The van der Waals surface area contributed by atoms with E-state index < -0.39 is 12.0 Å². The molecule has 0 saturated heterocycles. The van der Waals surface area contributed by atoms with Crippen LogP contribution in [0.2, 0.25) is 0 Å². The summed E-state index contributed by atoms with van der Waals surface area (Å²) in [7, 11) is 0. The number of carbonyl (C=O) groups is 2. The number of carbonyl (C=O) groups excluding carboxylic acids is 3. The van der Waals surface area contributed by atoms with E-state index >= 15 is 0 Å². The van der Waals surface area contributed by atoms with Gasteiger partial charge in [-0.25, -0.2) is 9.59 Å². The number of aliphatic imine (C=N–C) groups is 1. The molecule has 0 amide bonds. The Bertz CT molecular complexity index is 426. The Morgan fingerprint density at radius 1 is 1.18 bits per heavy atom. The molecule has 0 aliphatic carbocycles. The fourth-order valence-corrected chi connectivity index (χ4v) is 1.57. The second-order valence-corrected chi connectivity index (χ2v) is 4.25. The van der Waals surface area contributed by atoms with E-state index in [1.807, 2.05) is 0 Å². The van der Waals surface area contributed by atoms with E-state index in [0.29, 0.717) is 32.3 Å². The number of unbranched alkanes of at least 4 members (excludes halogenated alkanes) is 1. The van der Waals surface area contributed by atoms with Gasteiger partial charge in [0.15, 0.2) is 6.04 Å². The lowest BCUT2D eigenvalue weighted by atomic mass is 10.1. The molecule has 0 aliphatic rings. The van der Waals surface area contributed by atoms with Crippen LogP contribution in [-0.2, 0) is 28.6 Å². The number of nitriles is 1. The van der Waals surface area contributed by atoms with Gasteiger partial charge in [0.1, 0.15) is 6.61 Å². The molecule has 0 N–H and O–H groups in total. The van der Waals surface area contributed by atoms with Crippen molar-refractivity contribution in [3.63, 3.8) is 0 Å². The zero-order valence-electron chi connectivity index (χ0n) is 12.6. The quantitative estimate of drug-likeness (QED) is 0.175. The normalized spacial score (nSPS) is 10.7. The van der Waals surface area contributed by atoms with Crippen LogP contribution in [0.3, 0.4) is 0 Å². The van der Waals surface area contributed by atoms with Crippen LogP contribution in [0.5, 0.6) is 0 Å². The van der Waals surface area contributed by atoms with Gasteiger partial charge in [-0.1, -0.05) is 0 Å². The lowest BCUT2D eigenvalue weighted by Crippen LogP contribution is -2.22. The number of nitrogens with zero attached hydrogens (tertiary/aromatic N) is 2. The summed E-state index contributed by atoms with van der Waals surface area (Å²) in [5, 5.41) is 8.19. The Labute approximate surface area is 129 Å². The predicted octanol–water partition coefficient (Wildman–Crippen LogP) is 1.25. The molecule has 1 unspecified atom stereocenters. The van der Waals surface area contributed by atoms with E-state index in [-0.39, 0.29) is 25.6 Å². The molecule has 0 bridgehead atoms. The zero-order chi connectivity index (χ0) is 16.6. The van der Waals surface area contributed by atoms with E-state index in [9.17, 15) is 14.4 Å². The number of hydrogen-bond acceptors (Lipinski definition) is 8. The molecular formula is C14H20N2O6. The molecule has 8 heteroatoms. The van der Waals surface area contributed by atoms with E-state index in [1.165, 1.54) is 6.08 Å². The molecule has 0 fully saturated rings. The largest absolute Gasteiger partial charge is 0.466 e. The first-order valence-electron chi connectivity index (χ1n) is 7.05. The SMILES string of the molecule is CCOC(=O)CCCOC(=O)C(CCCCOC#N)N=C=O. The molecule has 0 aromatic carbocycles. The smallest absolute Gasteiger partial charge is 0.331 e. The van der Waals surface area contributed by atoms with Crippen LogP contribution < -0.4 is 0 Å². The topological polar surface area (TPSA) is 115 Å². The van der Waals surface area contributed by atoms with Gasteiger partial charge in [-0.2, -0.15) is 10.3 Å². The number of hydrogen-bond donors (Lipinski definition) is 0. The molecule has 0 aliphatic heterocycles. The van der Waals surface area contributed by atoms with Crippen LogP contribution in [0.25, 0.3) is 0 Å². The molecule has 0 heterocycles. The van der Waals surface area contributed by atoms with Gasteiger partial charge >= 0.3 is 11.9 Å². The molecule has 0 aromatic heterocycles. The third-order valence-corrected chi connectivity index (χ3v) is 2.59. The third-order valence-electron chi connectivity index (χ3n) is 2.59. The molecule has 0 radical (unpaired) electrons. The lowest BCUT2D eigenvalue weighted by molar-refractivity contribution is -0.148. The van der Waals surface area contributed by atoms with Gasteiger partial charge in [-0.05, 0) is 32.6 Å². The highest BCUT2D eigenvalue weighted by atomic mass is 16.5. The summed E-state index contributed by atoms with van der Waals surface area (Å²) in [4.78, 5) is 36.5. The maximum atomic E-state index is 11.7. The molecule has 0 rings (SSSR count). The highest BCUT2D eigenvalue weighted by molar-refractivity contribution is 5.77. The van der Waals surface area contributed by atoms with Gasteiger partial charge in [0.25, 0.3) is 6.26 Å². The van der Waals surface area contributed by atoms with E-state index in [2.05, 4.69) is 9.73 Å². The van der Waals surface area contributed by atoms with Crippen molar-refractivity contribution in [3.05, 3.63) is 0 Å². The highest BCUT2D eigenvalue weighted by Crippen LogP contribution is 2.07. The number of ether oxygens (including phenoxy) is 3. The first-order valence-corrected chi connectivity index (χ1v) is 7.05. The van der Waals surface area contributed by atoms with Crippen molar-refractivity contribution in [2.24, 2.45) is 4.99 Å². The maximum Gasteiger partial charge on any atom is 0.331 e. The fourth-order valence-electron chi connectivity index (χ4n) is 1.57. The molecule has 122 valence electrons. The molecule has 22 heavy (non-hydrogen) atoms. The summed E-state index contributed by atoms with van der Waals surface area (Å²) >= 11 is 0. The second-order valence-electron chi connectivity index (χ2n) is 4.25. The minimum absolute atomic E-state index is 0.0556. The Kier molecular flexibility index (Phi) is 12.1. The Balaban J connectivity index is 3.97. The van der Waals surface area contributed by atoms with Crippen LogP contribution in [0.1, 0.15) is 39.0 Å². The minimum Gasteiger partial charge on any atom is -0.466 e. The Morgan fingerprint density at radius 2 is 1.95 bits per heavy atom. The molecule has 0 spiro atoms. The van der Waals surface area contributed by atoms with Gasteiger partial charge in [0, 0.05) is 6.42 Å². The molecular weight excluding hydrogens is 292 g/mol. The predicted molar refractivity (Wildman–Crippen MR) is 74.2 cm³/mol. The Hall–Kier alpha value is -2.39. The van der Waals surface area contributed by atoms with Gasteiger partial charge < -0.3 is 14.2 Å². The number of isocyanates is 1. The van der Waals surface area contributed by atoms with Gasteiger partial charge in [-0.15, -0.1) is 0 Å². The first-order chi connectivity index (χ1) is 10.7. The summed E-state index contributed by atoms with van der Waals surface area (Å²) in [5.41, 5.74) is 0. The molecule has 0 aromatic rings. The van der Waals surface area contributed by atoms with Crippen LogP contribution in [0.4, 0.5) is 0 Å². The van der Waals surface area contributed by atoms with Crippen molar-refractivity contribution >= 4 is 18.0 Å². The van der Waals surface area contributed by atoms with Gasteiger partial charge in [0.2, 0.25) is 6.08 Å². The van der Waals surface area contributed by atoms with Crippen molar-refractivity contribution in [3.8, 4) is 6.26 Å². The van der Waals surface area contributed by atoms with Crippen molar-refractivity contribution in [1.82, 2.24) is 0 Å². The van der Waals surface area contributed by atoms with Crippen LogP contribution in [0.15, 0.2) is 4.99 Å². The van der Waals surface area contributed by atoms with Crippen molar-refractivity contribution in [2.75, 3.05) is 19.8 Å². The number of rotatable bonds is 12. The average molecular weight is 312 g/mol. The monoisotopic (exact) mass is 312 g/mol. The van der Waals surface area contributed by atoms with Crippen molar-refractivity contribution in [2.45, 2.75) is 45.1 Å². The molecule has 0 saturated carbocycles. The van der Waals surface area contributed by atoms with Crippen LogP contribution >= 0.6 is 0 Å². The minimum atomic E-state index is -0.915. The summed E-state index contributed by atoms with van der Waals surface area (Å²) < 4.78 is 14.2. The lowest BCUT2D eigenvalue weighted by Gasteiger charge is -2.10. The van der Waals surface area contributed by atoms with Crippen molar-refractivity contribution < 1.29 is 28.6 Å². The molecule has 1 atom stereocenters. The Morgan fingerprint density at radius 3 is 2.59 bits per heavy atom. The first kappa shape index (κ1) is 19.6. The summed E-state index contributed by atoms with van der Waals surface area (Å²) in [6, 6.07) is -0.915. The fraction of sp³-hybridized carbons (Fsp3) is 0.714. The highest BCUT2D eigenvalue weighted by Gasteiger charge is 2.18. The maximum absolute atomic E-state index is 11.7. The van der Waals surface area contributed by atoms with Crippen molar-refractivity contribution in [1.29, 1.82) is 5.26 Å². The van der Waals surface area contributed by atoms with Gasteiger partial charge in [-0.3, -0.25) is 4.79 Å². The van der Waals surface area contributed by atoms with E-state index in [0.717, 1.165) is 0 Å². The van der Waals surface area contributed by atoms with Gasteiger partial charge in [0.05, 0.1) is 13.2 Å². The van der Waals surface area contributed by atoms with Crippen LogP contribution in [-0.4, -0.2) is 43.9 Å². The summed E-state index contributed by atoms with van der Waals surface area (Å²) in [6.07, 6.45) is 4.81. The number of esters is 2. The average Bonchev–Trinajstić information content (AvgIpc) is 2.50. The summed E-state index contributed by atoms with van der Waals surface area (Å²) in [6.45, 7) is 2.33. The van der Waals surface area contributed by atoms with E-state index in [1.54, 1.807) is 13.2 Å². The molecule has 8 nitrogen and oxygen atoms in total.